The summed E-state index contributed by atoms with van der Waals surface area (Å²) in [6, 6.07) is 21.9. The number of rotatable bonds is 6. The molecule has 0 unspecified atom stereocenters. The second-order valence-electron chi connectivity index (χ2n) is 7.37. The number of hydrogen-bond donors (Lipinski definition) is 1. The Balaban J connectivity index is 0.000000430. The highest BCUT2D eigenvalue weighted by Crippen LogP contribution is 2.29. The van der Waals surface area contributed by atoms with Gasteiger partial charge in [0.1, 0.15) is 18.1 Å². The Bertz CT molecular complexity index is 1110. The summed E-state index contributed by atoms with van der Waals surface area (Å²) in [5, 5.41) is 10.8. The summed E-state index contributed by atoms with van der Waals surface area (Å²) in [4.78, 5) is 3.83. The molecule has 3 aromatic rings. The minimum absolute atomic E-state index is 0.0292. The predicted molar refractivity (Wildman–Crippen MR) is 132 cm³/mol. The van der Waals surface area contributed by atoms with Gasteiger partial charge < -0.3 is 9.84 Å². The molecule has 0 saturated carbocycles. The molecule has 1 N–H and O–H groups in total. The van der Waals surface area contributed by atoms with Gasteiger partial charge in [0.25, 0.3) is 0 Å². The Morgan fingerprint density at radius 2 is 1.65 bits per heavy atom. The van der Waals surface area contributed by atoms with Crippen molar-refractivity contribution in [2.24, 2.45) is 4.99 Å². The van der Waals surface area contributed by atoms with Gasteiger partial charge in [-0.05, 0) is 54.8 Å². The zero-order valence-corrected chi connectivity index (χ0v) is 20.0. The number of allylic oxidation sites excluding steroid dienone is 2. The fourth-order valence-electron chi connectivity index (χ4n) is 2.83. The normalized spacial score (nSPS) is 12.1. The number of nitrogens with zero attached hydrogens (tertiary/aromatic N) is 1. The maximum absolute atomic E-state index is 12.7. The number of aliphatic imine (C=N–C) groups is 1. The molecule has 3 nitrogen and oxygen atoms in total. The Morgan fingerprint density at radius 3 is 2.15 bits per heavy atom. The van der Waals surface area contributed by atoms with Gasteiger partial charge in [-0.1, -0.05) is 61.0 Å². The molecule has 0 saturated heterocycles. The van der Waals surface area contributed by atoms with E-state index in [1.54, 1.807) is 18.2 Å². The van der Waals surface area contributed by atoms with Crippen molar-refractivity contribution in [2.45, 2.75) is 33.1 Å². The fraction of sp³-hybridized carbons (Fsp3) is 0.222. The Morgan fingerprint density at radius 1 is 1.00 bits per heavy atom. The predicted octanol–water partition coefficient (Wildman–Crippen LogP) is 7.80. The average Bonchev–Trinajstić information content (AvgIpc) is 2.82. The third kappa shape index (κ3) is 8.60. The van der Waals surface area contributed by atoms with Crippen molar-refractivity contribution >= 4 is 17.3 Å². The summed E-state index contributed by atoms with van der Waals surface area (Å²) in [5.74, 6) is 0.165. The lowest BCUT2D eigenvalue weighted by molar-refractivity contribution is -0.0912. The van der Waals surface area contributed by atoms with E-state index in [9.17, 15) is 18.3 Å². The topological polar surface area (TPSA) is 41.8 Å². The number of benzene rings is 3. The van der Waals surface area contributed by atoms with Crippen LogP contribution in [0, 0.1) is 0 Å². The number of halogens is 4. The molecule has 0 bridgehead atoms. The van der Waals surface area contributed by atoms with E-state index in [4.69, 9.17) is 16.3 Å². The van der Waals surface area contributed by atoms with E-state index >= 15 is 0 Å². The van der Waals surface area contributed by atoms with E-state index in [1.165, 1.54) is 24.7 Å². The van der Waals surface area contributed by atoms with Crippen LogP contribution < -0.4 is 4.74 Å². The molecule has 3 aromatic carbocycles. The quantitative estimate of drug-likeness (QED) is 0.359. The van der Waals surface area contributed by atoms with Crippen LogP contribution in [0.4, 0.5) is 13.2 Å². The van der Waals surface area contributed by atoms with Gasteiger partial charge in [0.05, 0.1) is 5.71 Å². The standard InChI is InChI=1S/C19H17ClF3NO2.C8H10/c1-12(19(21,22)23)9-17(24-2)16-8-7-15(10-18(16)25)26-11-13-3-5-14(20)6-4-13;1-2-8-6-4-3-5-7-8/h3-10,25H,11H2,1-2H3;3-7H,2H2,1H3/b12-9+,24-17?;. The number of aromatic hydroxyl groups is 1. The molecule has 0 spiro atoms. The van der Waals surface area contributed by atoms with Gasteiger partial charge in [0.2, 0.25) is 0 Å². The third-order valence-corrected chi connectivity index (χ3v) is 5.11. The van der Waals surface area contributed by atoms with Crippen molar-refractivity contribution in [3.05, 3.63) is 106 Å². The van der Waals surface area contributed by atoms with Gasteiger partial charge in [-0.3, -0.25) is 4.99 Å². The molecule has 0 aromatic heterocycles. The van der Waals surface area contributed by atoms with Crippen LogP contribution in [-0.2, 0) is 13.0 Å². The molecule has 3 rings (SSSR count). The van der Waals surface area contributed by atoms with E-state index in [0.29, 0.717) is 10.8 Å². The fourth-order valence-corrected chi connectivity index (χ4v) is 2.95. The third-order valence-electron chi connectivity index (χ3n) is 4.86. The minimum Gasteiger partial charge on any atom is -0.507 e. The monoisotopic (exact) mass is 489 g/mol. The van der Waals surface area contributed by atoms with Gasteiger partial charge in [-0.25, -0.2) is 0 Å². The number of alkyl halides is 3. The summed E-state index contributed by atoms with van der Waals surface area (Å²) in [6.45, 7) is 3.37. The Labute approximate surface area is 203 Å². The van der Waals surface area contributed by atoms with Gasteiger partial charge in [-0.2, -0.15) is 13.2 Å². The molecule has 180 valence electrons. The lowest BCUT2D eigenvalue weighted by atomic mass is 10.1. The highest BCUT2D eigenvalue weighted by molar-refractivity contribution is 6.30. The van der Waals surface area contributed by atoms with Gasteiger partial charge >= 0.3 is 6.18 Å². The smallest absolute Gasteiger partial charge is 0.412 e. The van der Waals surface area contributed by atoms with Crippen LogP contribution in [-0.4, -0.2) is 24.0 Å². The Kier molecular flexibility index (Phi) is 10.2. The zero-order valence-electron chi connectivity index (χ0n) is 19.2. The first-order valence-corrected chi connectivity index (χ1v) is 11.0. The maximum Gasteiger partial charge on any atom is 0.412 e. The molecular formula is C27H27ClF3NO2. The van der Waals surface area contributed by atoms with Crippen LogP contribution in [0.2, 0.25) is 5.02 Å². The molecule has 0 aliphatic rings. The van der Waals surface area contributed by atoms with Crippen LogP contribution in [0.25, 0.3) is 0 Å². The van der Waals surface area contributed by atoms with E-state index < -0.39 is 11.7 Å². The van der Waals surface area contributed by atoms with Crippen molar-refractivity contribution < 1.29 is 23.0 Å². The molecule has 0 aliphatic heterocycles. The summed E-state index contributed by atoms with van der Waals surface area (Å²) < 4.78 is 43.7. The van der Waals surface area contributed by atoms with Gasteiger partial charge in [0, 0.05) is 29.3 Å². The van der Waals surface area contributed by atoms with Crippen LogP contribution in [0.15, 0.2) is 89.4 Å². The molecule has 0 heterocycles. The van der Waals surface area contributed by atoms with E-state index in [2.05, 4.69) is 36.2 Å². The van der Waals surface area contributed by atoms with E-state index in [1.807, 2.05) is 18.2 Å². The number of phenolic OH excluding ortho intramolecular Hbond substituents is 1. The first-order valence-electron chi connectivity index (χ1n) is 10.6. The molecule has 0 amide bonds. The van der Waals surface area contributed by atoms with Crippen molar-refractivity contribution in [1.82, 2.24) is 0 Å². The number of aryl methyl sites for hydroxylation is 1. The van der Waals surface area contributed by atoms with Crippen molar-refractivity contribution in [1.29, 1.82) is 0 Å². The molecule has 7 heteroatoms. The maximum atomic E-state index is 12.7. The van der Waals surface area contributed by atoms with Crippen molar-refractivity contribution in [3.63, 3.8) is 0 Å². The minimum atomic E-state index is -4.45. The first kappa shape index (κ1) is 27.0. The SMILES string of the molecule is CCc1ccccc1.CN=C(/C=C(\C)C(F)(F)F)c1ccc(OCc2ccc(Cl)cc2)cc1O. The number of phenols is 1. The largest absolute Gasteiger partial charge is 0.507 e. The summed E-state index contributed by atoms with van der Waals surface area (Å²) in [7, 11) is 1.36. The molecule has 0 atom stereocenters. The van der Waals surface area contributed by atoms with Crippen molar-refractivity contribution in [2.75, 3.05) is 7.05 Å². The number of hydrogen-bond acceptors (Lipinski definition) is 3. The molecule has 0 radical (unpaired) electrons. The molecule has 34 heavy (non-hydrogen) atoms. The molecular weight excluding hydrogens is 463 g/mol. The highest BCUT2D eigenvalue weighted by Gasteiger charge is 2.30. The summed E-state index contributed by atoms with van der Waals surface area (Å²) in [6.07, 6.45) is -2.42. The molecule has 0 fully saturated rings. The van der Waals surface area contributed by atoms with E-state index in [0.717, 1.165) is 25.0 Å². The van der Waals surface area contributed by atoms with E-state index in [-0.39, 0.29) is 23.6 Å². The average molecular weight is 490 g/mol. The summed E-state index contributed by atoms with van der Waals surface area (Å²) >= 11 is 5.81. The second kappa shape index (κ2) is 12.8. The van der Waals surface area contributed by atoms with Crippen LogP contribution >= 0.6 is 11.6 Å². The highest BCUT2D eigenvalue weighted by atomic mass is 35.5. The van der Waals surface area contributed by atoms with Crippen LogP contribution in [0.3, 0.4) is 0 Å². The van der Waals surface area contributed by atoms with Gasteiger partial charge in [0.15, 0.2) is 0 Å². The second-order valence-corrected chi connectivity index (χ2v) is 7.80. The summed E-state index contributed by atoms with van der Waals surface area (Å²) in [5.41, 5.74) is 1.71. The first-order chi connectivity index (χ1) is 16.1. The van der Waals surface area contributed by atoms with Gasteiger partial charge in [-0.15, -0.1) is 0 Å². The van der Waals surface area contributed by atoms with Crippen LogP contribution in [0.1, 0.15) is 30.5 Å². The van der Waals surface area contributed by atoms with Crippen molar-refractivity contribution in [3.8, 4) is 11.5 Å². The zero-order chi connectivity index (χ0) is 25.1. The number of ether oxygens (including phenoxy) is 1. The molecule has 0 aliphatic carbocycles. The lowest BCUT2D eigenvalue weighted by Crippen LogP contribution is -2.11. The van der Waals surface area contributed by atoms with Crippen LogP contribution in [0.5, 0.6) is 11.5 Å². The lowest BCUT2D eigenvalue weighted by Gasteiger charge is -2.11. The Hall–Kier alpha value is -3.25.